The number of benzene rings is 1. The Bertz CT molecular complexity index is 889. The zero-order valence-corrected chi connectivity index (χ0v) is 14.8. The van der Waals surface area contributed by atoms with Gasteiger partial charge in [-0.15, -0.1) is 0 Å². The Kier molecular flexibility index (Phi) is 5.31. The smallest absolute Gasteiger partial charge is 0.306 e. The highest BCUT2D eigenvalue weighted by Crippen LogP contribution is 2.22. The molecular weight excluding hydrogens is 358 g/mol. The summed E-state index contributed by atoms with van der Waals surface area (Å²) in [5.41, 5.74) is 6.45. The van der Waals surface area contributed by atoms with Gasteiger partial charge in [0, 0.05) is 12.1 Å². The van der Waals surface area contributed by atoms with E-state index in [0.717, 1.165) is 5.69 Å². The van der Waals surface area contributed by atoms with Crippen molar-refractivity contribution in [2.24, 2.45) is 5.92 Å². The third-order valence-corrected chi connectivity index (χ3v) is 5.71. The number of carbonyl (C=O) groups is 1. The largest absolute Gasteiger partial charge is 0.457 e. The van der Waals surface area contributed by atoms with E-state index in [1.807, 2.05) is 30.3 Å². The van der Waals surface area contributed by atoms with Crippen molar-refractivity contribution >= 4 is 33.4 Å². The van der Waals surface area contributed by atoms with E-state index in [1.54, 1.807) is 0 Å². The molecule has 2 heterocycles. The van der Waals surface area contributed by atoms with E-state index < -0.39 is 15.8 Å². The predicted octanol–water partition coefficient (Wildman–Crippen LogP) is 1.07. The summed E-state index contributed by atoms with van der Waals surface area (Å²) < 4.78 is 28.0. The van der Waals surface area contributed by atoms with E-state index in [0.29, 0.717) is 6.42 Å². The van der Waals surface area contributed by atoms with Gasteiger partial charge in [-0.1, -0.05) is 18.2 Å². The molecule has 9 nitrogen and oxygen atoms in total. The molecule has 0 unspecified atom stereocenters. The molecule has 0 spiro atoms. The summed E-state index contributed by atoms with van der Waals surface area (Å²) in [6, 6.07) is 9.29. The maximum Gasteiger partial charge on any atom is 0.306 e. The number of hydrogen-bond donors (Lipinski definition) is 2. The standard InChI is InChI=1S/C16H19N5O4S/c17-15-19-13(20-16(21-15)18-12-4-2-1-3-5-12)9-25-14(22)8-11-6-7-26(23,24)10-11/h1-5,11H,6-10H2,(H3,17,18,19,20,21)/t11-/m1/s1. The zero-order chi connectivity index (χ0) is 18.6. The number of nitrogens with two attached hydrogens (primary N) is 1. The molecule has 1 aliphatic rings. The lowest BCUT2D eigenvalue weighted by Gasteiger charge is -2.09. The van der Waals surface area contributed by atoms with Crippen LogP contribution in [0, 0.1) is 5.92 Å². The molecule has 10 heteroatoms. The third kappa shape index (κ3) is 5.12. The van der Waals surface area contributed by atoms with Crippen molar-refractivity contribution in [1.29, 1.82) is 0 Å². The third-order valence-electron chi connectivity index (χ3n) is 3.87. The van der Waals surface area contributed by atoms with Crippen LogP contribution in [0.5, 0.6) is 0 Å². The minimum Gasteiger partial charge on any atom is -0.457 e. The monoisotopic (exact) mass is 377 g/mol. The van der Waals surface area contributed by atoms with Crippen LogP contribution in [0.25, 0.3) is 0 Å². The number of nitrogens with zero attached hydrogens (tertiary/aromatic N) is 3. The SMILES string of the molecule is Nc1nc(COC(=O)C[C@H]2CCS(=O)(=O)C2)nc(Nc2ccccc2)n1. The lowest BCUT2D eigenvalue weighted by molar-refractivity contribution is -0.146. The average Bonchev–Trinajstić information content (AvgIpc) is 2.92. The van der Waals surface area contributed by atoms with E-state index in [1.165, 1.54) is 0 Å². The van der Waals surface area contributed by atoms with Crippen LogP contribution in [0.15, 0.2) is 30.3 Å². The highest BCUT2D eigenvalue weighted by atomic mass is 32.2. The van der Waals surface area contributed by atoms with Crippen molar-refractivity contribution in [3.8, 4) is 0 Å². The Morgan fingerprint density at radius 2 is 2.00 bits per heavy atom. The topological polar surface area (TPSA) is 137 Å². The van der Waals surface area contributed by atoms with Gasteiger partial charge >= 0.3 is 5.97 Å². The van der Waals surface area contributed by atoms with Crippen LogP contribution in [0.4, 0.5) is 17.6 Å². The molecule has 138 valence electrons. The molecule has 0 saturated carbocycles. The maximum absolute atomic E-state index is 11.9. The molecule has 0 amide bonds. The van der Waals surface area contributed by atoms with Gasteiger partial charge in [0.2, 0.25) is 11.9 Å². The van der Waals surface area contributed by atoms with Gasteiger partial charge in [0.25, 0.3) is 0 Å². The number of ether oxygens (including phenoxy) is 1. The Morgan fingerprint density at radius 3 is 2.69 bits per heavy atom. The number of rotatable bonds is 6. The first-order valence-corrected chi connectivity index (χ1v) is 9.90. The molecule has 3 N–H and O–H groups in total. The molecule has 1 fully saturated rings. The van der Waals surface area contributed by atoms with Gasteiger partial charge < -0.3 is 15.8 Å². The molecule has 0 radical (unpaired) electrons. The van der Waals surface area contributed by atoms with Gasteiger partial charge in [0.15, 0.2) is 22.3 Å². The summed E-state index contributed by atoms with van der Waals surface area (Å²) in [4.78, 5) is 24.0. The molecule has 1 aliphatic heterocycles. The van der Waals surface area contributed by atoms with E-state index in [-0.39, 0.29) is 48.2 Å². The van der Waals surface area contributed by atoms with Crippen LogP contribution in [-0.4, -0.2) is 40.8 Å². The van der Waals surface area contributed by atoms with Crippen molar-refractivity contribution in [3.63, 3.8) is 0 Å². The van der Waals surface area contributed by atoms with Crippen LogP contribution in [0.3, 0.4) is 0 Å². The van der Waals surface area contributed by atoms with Gasteiger partial charge in [-0.05, 0) is 24.5 Å². The van der Waals surface area contributed by atoms with Gasteiger partial charge in [0.05, 0.1) is 11.5 Å². The summed E-state index contributed by atoms with van der Waals surface area (Å²) in [7, 11) is -3.01. The number of sulfone groups is 1. The second kappa shape index (κ2) is 7.65. The van der Waals surface area contributed by atoms with Crippen LogP contribution in [0.1, 0.15) is 18.7 Å². The number of para-hydroxylation sites is 1. The number of nitrogens with one attached hydrogen (secondary N) is 1. The summed E-state index contributed by atoms with van der Waals surface area (Å²) in [5.74, 6) is -0.0451. The van der Waals surface area contributed by atoms with Crippen molar-refractivity contribution in [2.45, 2.75) is 19.4 Å². The van der Waals surface area contributed by atoms with Gasteiger partial charge in [-0.25, -0.2) is 8.42 Å². The van der Waals surface area contributed by atoms with Crippen molar-refractivity contribution < 1.29 is 17.9 Å². The van der Waals surface area contributed by atoms with Crippen molar-refractivity contribution in [2.75, 3.05) is 22.6 Å². The lowest BCUT2D eigenvalue weighted by atomic mass is 10.1. The minimum absolute atomic E-state index is 0.00589. The van der Waals surface area contributed by atoms with Crippen molar-refractivity contribution in [1.82, 2.24) is 15.0 Å². The molecule has 0 bridgehead atoms. The normalized spacial score (nSPS) is 18.4. The summed E-state index contributed by atoms with van der Waals surface area (Å²) in [6.45, 7) is -0.158. The van der Waals surface area contributed by atoms with E-state index >= 15 is 0 Å². The molecule has 1 saturated heterocycles. The Balaban J connectivity index is 1.57. The van der Waals surface area contributed by atoms with Crippen LogP contribution in [0.2, 0.25) is 0 Å². The zero-order valence-electron chi connectivity index (χ0n) is 14.0. The van der Waals surface area contributed by atoms with Gasteiger partial charge in [-0.3, -0.25) is 4.79 Å². The average molecular weight is 377 g/mol. The molecule has 2 aromatic rings. The number of aromatic nitrogens is 3. The van der Waals surface area contributed by atoms with Crippen LogP contribution in [-0.2, 0) is 26.0 Å². The van der Waals surface area contributed by atoms with Crippen LogP contribution < -0.4 is 11.1 Å². The molecule has 0 aliphatic carbocycles. The predicted molar refractivity (Wildman–Crippen MR) is 95.1 cm³/mol. The molecule has 1 aromatic carbocycles. The fourth-order valence-corrected chi connectivity index (χ4v) is 4.54. The quantitative estimate of drug-likeness (QED) is 0.708. The number of hydrogen-bond acceptors (Lipinski definition) is 9. The first kappa shape index (κ1) is 18.1. The van der Waals surface area contributed by atoms with Gasteiger partial charge in [0.1, 0.15) is 0 Å². The second-order valence-electron chi connectivity index (χ2n) is 6.06. The minimum atomic E-state index is -3.01. The highest BCUT2D eigenvalue weighted by molar-refractivity contribution is 7.91. The van der Waals surface area contributed by atoms with Crippen LogP contribution >= 0.6 is 0 Å². The second-order valence-corrected chi connectivity index (χ2v) is 8.29. The fraction of sp³-hybridized carbons (Fsp3) is 0.375. The number of nitrogen functional groups attached to an aromatic ring is 1. The Labute approximate surface area is 150 Å². The van der Waals surface area contributed by atoms with E-state index in [9.17, 15) is 13.2 Å². The van der Waals surface area contributed by atoms with Crippen molar-refractivity contribution in [3.05, 3.63) is 36.2 Å². The molecule has 26 heavy (non-hydrogen) atoms. The maximum atomic E-state index is 11.9. The number of esters is 1. The molecule has 1 atom stereocenters. The van der Waals surface area contributed by atoms with E-state index in [4.69, 9.17) is 10.5 Å². The number of anilines is 3. The summed E-state index contributed by atoms with van der Waals surface area (Å²) in [6.07, 6.45) is 0.552. The molecular formula is C16H19N5O4S. The first-order valence-electron chi connectivity index (χ1n) is 8.08. The van der Waals surface area contributed by atoms with Gasteiger partial charge in [-0.2, -0.15) is 15.0 Å². The first-order chi connectivity index (χ1) is 12.4. The summed E-state index contributed by atoms with van der Waals surface area (Å²) in [5, 5.41) is 2.99. The highest BCUT2D eigenvalue weighted by Gasteiger charge is 2.29. The fourth-order valence-electron chi connectivity index (χ4n) is 2.68. The molecule has 1 aromatic heterocycles. The number of carbonyl (C=O) groups excluding carboxylic acids is 1. The Hall–Kier alpha value is -2.75. The summed E-state index contributed by atoms with van der Waals surface area (Å²) >= 11 is 0. The van der Waals surface area contributed by atoms with E-state index in [2.05, 4.69) is 20.3 Å². The lowest BCUT2D eigenvalue weighted by Crippen LogP contribution is -2.14. The molecule has 3 rings (SSSR count). The Morgan fingerprint density at radius 1 is 1.23 bits per heavy atom.